The third-order valence-corrected chi connectivity index (χ3v) is 3.92. The van der Waals surface area contributed by atoms with Crippen LogP contribution in [-0.2, 0) is 9.53 Å². The highest BCUT2D eigenvalue weighted by Gasteiger charge is 2.17. The number of benzene rings is 1. The molecule has 116 valence electrons. The number of nitrogens with one attached hydrogen (secondary N) is 1. The minimum Gasteiger partial charge on any atom is -0.387 e. The second-order valence-electron chi connectivity index (χ2n) is 5.20. The summed E-state index contributed by atoms with van der Waals surface area (Å²) in [5.74, 6) is -0.0855. The van der Waals surface area contributed by atoms with Gasteiger partial charge in [0.2, 0.25) is 5.91 Å². The van der Waals surface area contributed by atoms with Crippen molar-refractivity contribution in [3.63, 3.8) is 0 Å². The van der Waals surface area contributed by atoms with Gasteiger partial charge in [0.1, 0.15) is 0 Å². The van der Waals surface area contributed by atoms with Crippen LogP contribution in [0.15, 0.2) is 18.2 Å². The van der Waals surface area contributed by atoms with Crippen LogP contribution in [0, 0.1) is 0 Å². The van der Waals surface area contributed by atoms with E-state index in [1.807, 2.05) is 0 Å². The highest BCUT2D eigenvalue weighted by atomic mass is 35.5. The molecular weight excluding hydrogens is 313 g/mol. The van der Waals surface area contributed by atoms with E-state index in [-0.39, 0.29) is 18.6 Å². The summed E-state index contributed by atoms with van der Waals surface area (Å²) in [5.41, 5.74) is 0.590. The predicted molar refractivity (Wildman–Crippen MR) is 82.6 cm³/mol. The van der Waals surface area contributed by atoms with Gasteiger partial charge in [0.15, 0.2) is 0 Å². The summed E-state index contributed by atoms with van der Waals surface area (Å²) in [4.78, 5) is 11.7. The van der Waals surface area contributed by atoms with Gasteiger partial charge in [0, 0.05) is 29.6 Å². The third-order valence-electron chi connectivity index (χ3n) is 3.48. The number of halogens is 2. The molecule has 1 aromatic carbocycles. The summed E-state index contributed by atoms with van der Waals surface area (Å²) < 4.78 is 5.47. The Hall–Kier alpha value is -0.810. The van der Waals surface area contributed by atoms with Crippen molar-refractivity contribution in [3.05, 3.63) is 33.8 Å². The number of ether oxygens (including phenoxy) is 1. The van der Waals surface area contributed by atoms with E-state index >= 15 is 0 Å². The molecule has 1 aliphatic rings. The van der Waals surface area contributed by atoms with Crippen LogP contribution >= 0.6 is 23.2 Å². The molecule has 1 fully saturated rings. The first kappa shape index (κ1) is 16.6. The summed E-state index contributed by atoms with van der Waals surface area (Å²) in [7, 11) is 0. The average molecular weight is 332 g/mol. The number of aliphatic hydroxyl groups is 1. The van der Waals surface area contributed by atoms with Crippen molar-refractivity contribution in [1.29, 1.82) is 0 Å². The minimum absolute atomic E-state index is 0.0855. The van der Waals surface area contributed by atoms with Gasteiger partial charge in [-0.25, -0.2) is 0 Å². The van der Waals surface area contributed by atoms with Gasteiger partial charge >= 0.3 is 0 Å². The van der Waals surface area contributed by atoms with Crippen molar-refractivity contribution in [1.82, 2.24) is 5.32 Å². The van der Waals surface area contributed by atoms with Crippen LogP contribution < -0.4 is 5.32 Å². The molecule has 1 amide bonds. The Kier molecular flexibility index (Phi) is 6.30. The fourth-order valence-corrected chi connectivity index (χ4v) is 2.89. The van der Waals surface area contributed by atoms with Gasteiger partial charge in [0.25, 0.3) is 0 Å². The van der Waals surface area contributed by atoms with Crippen LogP contribution in [0.5, 0.6) is 0 Å². The number of hydrogen-bond donors (Lipinski definition) is 2. The number of carbonyl (C=O) groups excluding carboxylic acids is 1. The van der Waals surface area contributed by atoms with E-state index < -0.39 is 6.10 Å². The van der Waals surface area contributed by atoms with Gasteiger partial charge < -0.3 is 15.2 Å². The average Bonchev–Trinajstić information content (AvgIpc) is 2.94. The normalized spacial score (nSPS) is 19.5. The lowest BCUT2D eigenvalue weighted by Gasteiger charge is -2.14. The zero-order valence-electron chi connectivity index (χ0n) is 11.6. The van der Waals surface area contributed by atoms with Crippen LogP contribution in [0.1, 0.15) is 37.4 Å². The Balaban J connectivity index is 1.74. The van der Waals surface area contributed by atoms with E-state index in [0.29, 0.717) is 22.0 Å². The van der Waals surface area contributed by atoms with E-state index in [1.165, 1.54) is 0 Å². The smallest absolute Gasteiger partial charge is 0.220 e. The van der Waals surface area contributed by atoms with Crippen LogP contribution in [0.4, 0.5) is 0 Å². The van der Waals surface area contributed by atoms with E-state index in [0.717, 1.165) is 25.9 Å². The molecule has 2 rings (SSSR count). The van der Waals surface area contributed by atoms with Crippen LogP contribution in [0.2, 0.25) is 10.0 Å². The summed E-state index contributed by atoms with van der Waals surface area (Å²) in [6, 6.07) is 4.87. The molecule has 4 nitrogen and oxygen atoms in total. The highest BCUT2D eigenvalue weighted by Crippen LogP contribution is 2.23. The Morgan fingerprint density at radius 1 is 1.38 bits per heavy atom. The first-order valence-electron chi connectivity index (χ1n) is 7.07. The Labute approximate surface area is 134 Å². The van der Waals surface area contributed by atoms with E-state index in [2.05, 4.69) is 5.32 Å². The van der Waals surface area contributed by atoms with E-state index in [9.17, 15) is 9.90 Å². The third kappa shape index (κ3) is 5.47. The second kappa shape index (κ2) is 7.99. The molecule has 1 saturated heterocycles. The predicted octanol–water partition coefficient (Wildman–Crippen LogP) is 3.10. The van der Waals surface area contributed by atoms with Gasteiger partial charge in [-0.2, -0.15) is 0 Å². The van der Waals surface area contributed by atoms with Crippen molar-refractivity contribution in [2.24, 2.45) is 0 Å². The zero-order chi connectivity index (χ0) is 15.2. The van der Waals surface area contributed by atoms with Crippen molar-refractivity contribution in [2.75, 3.05) is 13.2 Å². The van der Waals surface area contributed by atoms with Gasteiger partial charge in [-0.3, -0.25) is 4.79 Å². The molecule has 1 heterocycles. The molecule has 2 unspecified atom stereocenters. The van der Waals surface area contributed by atoms with Gasteiger partial charge in [-0.1, -0.05) is 23.2 Å². The molecule has 1 aliphatic heterocycles. The summed E-state index contributed by atoms with van der Waals surface area (Å²) in [6.45, 7) is 0.932. The summed E-state index contributed by atoms with van der Waals surface area (Å²) in [5, 5.41) is 13.7. The highest BCUT2D eigenvalue weighted by molar-refractivity contribution is 6.34. The molecule has 2 atom stereocenters. The number of carbonyl (C=O) groups is 1. The fourth-order valence-electron chi connectivity index (χ4n) is 2.35. The zero-order valence-corrected chi connectivity index (χ0v) is 13.2. The standard InChI is InChI=1S/C15H19Cl2NO3/c16-11-6-10(7-12(17)8-11)14(19)9-18-15(20)4-3-13-2-1-5-21-13/h6-8,13-14,19H,1-5,9H2,(H,18,20). The molecule has 0 radical (unpaired) electrons. The lowest BCUT2D eigenvalue weighted by atomic mass is 10.1. The molecular formula is C15H19Cl2NO3. The van der Waals surface area contributed by atoms with Gasteiger partial charge in [0.05, 0.1) is 12.2 Å². The summed E-state index contributed by atoms with van der Waals surface area (Å²) in [6.07, 6.45) is 2.61. The Morgan fingerprint density at radius 2 is 2.10 bits per heavy atom. The van der Waals surface area contributed by atoms with Crippen LogP contribution in [-0.4, -0.2) is 30.3 Å². The fraction of sp³-hybridized carbons (Fsp3) is 0.533. The Morgan fingerprint density at radius 3 is 2.71 bits per heavy atom. The van der Waals surface area contributed by atoms with E-state index in [1.54, 1.807) is 18.2 Å². The van der Waals surface area contributed by atoms with Crippen molar-refractivity contribution >= 4 is 29.1 Å². The van der Waals surface area contributed by atoms with Gasteiger partial charge in [-0.15, -0.1) is 0 Å². The maximum atomic E-state index is 11.7. The maximum Gasteiger partial charge on any atom is 0.220 e. The summed E-state index contributed by atoms with van der Waals surface area (Å²) >= 11 is 11.8. The lowest BCUT2D eigenvalue weighted by molar-refractivity contribution is -0.122. The second-order valence-corrected chi connectivity index (χ2v) is 6.07. The minimum atomic E-state index is -0.826. The number of rotatable bonds is 6. The molecule has 0 aromatic heterocycles. The van der Waals surface area contributed by atoms with Crippen molar-refractivity contribution in [3.8, 4) is 0 Å². The van der Waals surface area contributed by atoms with Crippen LogP contribution in [0.3, 0.4) is 0 Å². The molecule has 0 spiro atoms. The molecule has 0 bridgehead atoms. The molecule has 6 heteroatoms. The largest absolute Gasteiger partial charge is 0.387 e. The first-order chi connectivity index (χ1) is 10.0. The number of hydrogen-bond acceptors (Lipinski definition) is 3. The molecule has 21 heavy (non-hydrogen) atoms. The SMILES string of the molecule is O=C(CCC1CCCO1)NCC(O)c1cc(Cl)cc(Cl)c1. The monoisotopic (exact) mass is 331 g/mol. The molecule has 1 aromatic rings. The molecule has 2 N–H and O–H groups in total. The van der Waals surface area contributed by atoms with Crippen molar-refractivity contribution in [2.45, 2.75) is 37.9 Å². The quantitative estimate of drug-likeness (QED) is 0.842. The van der Waals surface area contributed by atoms with E-state index in [4.69, 9.17) is 27.9 Å². The maximum absolute atomic E-state index is 11.7. The van der Waals surface area contributed by atoms with Crippen molar-refractivity contribution < 1.29 is 14.6 Å². The first-order valence-corrected chi connectivity index (χ1v) is 7.82. The Bertz CT molecular complexity index is 470. The topological polar surface area (TPSA) is 58.6 Å². The molecule has 0 saturated carbocycles. The van der Waals surface area contributed by atoms with Gasteiger partial charge in [-0.05, 0) is 43.0 Å². The number of amides is 1. The number of aliphatic hydroxyl groups excluding tert-OH is 1. The van der Waals surface area contributed by atoms with Crippen LogP contribution in [0.25, 0.3) is 0 Å². The lowest BCUT2D eigenvalue weighted by Crippen LogP contribution is -2.29. The molecule has 0 aliphatic carbocycles.